The molecule has 0 radical (unpaired) electrons. The van der Waals surface area contributed by atoms with E-state index in [4.69, 9.17) is 4.74 Å². The number of morpholine rings is 1. The Morgan fingerprint density at radius 1 is 1.12 bits per heavy atom. The number of benzene rings is 1. The molecule has 2 atom stereocenters. The van der Waals surface area contributed by atoms with E-state index in [0.29, 0.717) is 5.56 Å². The molecule has 1 N–H and O–H groups in total. The number of piperazine rings is 1. The molecule has 3 saturated heterocycles. The number of hydrogen-bond acceptors (Lipinski definition) is 7. The second-order valence-corrected chi connectivity index (χ2v) is 9.44. The largest absolute Gasteiger partial charge is 0.370 e. The lowest BCUT2D eigenvalue weighted by Gasteiger charge is -2.43. The summed E-state index contributed by atoms with van der Waals surface area (Å²) in [6, 6.07) is 11.0. The Morgan fingerprint density at radius 3 is 2.72 bits per heavy atom. The molecular weight excluding hydrogens is 400 g/mol. The first-order chi connectivity index (χ1) is 15.7. The minimum Gasteiger partial charge on any atom is -0.370 e. The van der Waals surface area contributed by atoms with Crippen LogP contribution in [0, 0.1) is 11.3 Å². The molecule has 5 rings (SSSR count). The van der Waals surface area contributed by atoms with Gasteiger partial charge in [0.1, 0.15) is 6.07 Å². The van der Waals surface area contributed by atoms with E-state index in [0.717, 1.165) is 68.4 Å². The van der Waals surface area contributed by atoms with Crippen molar-refractivity contribution in [3.05, 3.63) is 36.0 Å². The summed E-state index contributed by atoms with van der Waals surface area (Å²) in [6.45, 7) is 11.8. The summed E-state index contributed by atoms with van der Waals surface area (Å²) in [6.07, 6.45) is 4.66. The smallest absolute Gasteiger partial charge is 0.101 e. The zero-order valence-corrected chi connectivity index (χ0v) is 19.0. The summed E-state index contributed by atoms with van der Waals surface area (Å²) in [5.74, 6) is 0. The molecule has 1 aromatic carbocycles. The number of piperidine rings is 1. The number of nitrogens with zero attached hydrogens (tertiary/aromatic N) is 5. The van der Waals surface area contributed by atoms with Crippen molar-refractivity contribution in [3.63, 3.8) is 0 Å². The minimum absolute atomic E-state index is 0.175. The van der Waals surface area contributed by atoms with E-state index in [1.807, 2.05) is 12.1 Å². The van der Waals surface area contributed by atoms with Crippen molar-refractivity contribution in [2.45, 2.75) is 38.0 Å². The Labute approximate surface area is 190 Å². The van der Waals surface area contributed by atoms with Gasteiger partial charge in [-0.05, 0) is 57.1 Å². The Bertz CT molecular complexity index is 961. The predicted octanol–water partition coefficient (Wildman–Crippen LogP) is 2.07. The van der Waals surface area contributed by atoms with E-state index in [1.165, 1.54) is 25.9 Å². The summed E-state index contributed by atoms with van der Waals surface area (Å²) in [5, 5.41) is 14.0. The van der Waals surface area contributed by atoms with Gasteiger partial charge in [0.2, 0.25) is 0 Å². The first kappa shape index (κ1) is 21.6. The average molecular weight is 435 g/mol. The van der Waals surface area contributed by atoms with Crippen molar-refractivity contribution in [1.29, 1.82) is 5.26 Å². The SMILES string of the molecule is C[C@@H]1CN(c2ccc(C#N)c3ncccc23)C[C@H](CN2CCC(N3CCNCC3)CC2)O1. The van der Waals surface area contributed by atoms with Crippen LogP contribution >= 0.6 is 0 Å². The number of fused-ring (bicyclic) bond motifs is 1. The quantitative estimate of drug-likeness (QED) is 0.790. The van der Waals surface area contributed by atoms with E-state index in [2.05, 4.69) is 50.1 Å². The van der Waals surface area contributed by atoms with Crippen molar-refractivity contribution in [3.8, 4) is 6.07 Å². The number of likely N-dealkylation sites (tertiary alicyclic amines) is 1. The van der Waals surface area contributed by atoms with Crippen molar-refractivity contribution < 1.29 is 4.74 Å². The van der Waals surface area contributed by atoms with Gasteiger partial charge >= 0.3 is 0 Å². The van der Waals surface area contributed by atoms with Crippen LogP contribution in [0.4, 0.5) is 5.69 Å². The Morgan fingerprint density at radius 2 is 1.94 bits per heavy atom. The van der Waals surface area contributed by atoms with Gasteiger partial charge in [0.15, 0.2) is 0 Å². The first-order valence-electron chi connectivity index (χ1n) is 12.1. The molecule has 3 aliphatic rings. The standard InChI is InChI=1S/C25H34N6O/c1-19-16-31(24-5-4-20(15-26)25-23(24)3-2-8-28-25)18-22(32-19)17-29-11-6-21(7-12-29)30-13-9-27-10-14-30/h2-5,8,19,21-22,27H,6-7,9-14,16-18H2,1H3/t19-,22+/m1/s1. The average Bonchev–Trinajstić information content (AvgIpc) is 2.84. The molecule has 7 nitrogen and oxygen atoms in total. The van der Waals surface area contributed by atoms with Crippen LogP contribution < -0.4 is 10.2 Å². The molecule has 2 aromatic rings. The van der Waals surface area contributed by atoms with Gasteiger partial charge in [0, 0.05) is 69.1 Å². The number of anilines is 1. The van der Waals surface area contributed by atoms with Crippen LogP contribution in [-0.4, -0.2) is 91.9 Å². The summed E-state index contributed by atoms with van der Waals surface area (Å²) in [5.41, 5.74) is 2.58. The highest BCUT2D eigenvalue weighted by Crippen LogP contribution is 2.30. The van der Waals surface area contributed by atoms with E-state index in [9.17, 15) is 5.26 Å². The van der Waals surface area contributed by atoms with Crippen molar-refractivity contribution >= 4 is 16.6 Å². The number of aromatic nitrogens is 1. The van der Waals surface area contributed by atoms with Crippen LogP contribution in [-0.2, 0) is 4.74 Å². The van der Waals surface area contributed by atoms with Crippen LogP contribution in [0.3, 0.4) is 0 Å². The van der Waals surface area contributed by atoms with Crippen LogP contribution in [0.1, 0.15) is 25.3 Å². The molecule has 0 amide bonds. The fourth-order valence-corrected chi connectivity index (χ4v) is 5.67. The molecular formula is C25H34N6O. The highest BCUT2D eigenvalue weighted by Gasteiger charge is 2.31. The second kappa shape index (κ2) is 9.72. The van der Waals surface area contributed by atoms with Gasteiger partial charge in [0.25, 0.3) is 0 Å². The van der Waals surface area contributed by atoms with Crippen molar-refractivity contribution in [2.75, 3.05) is 63.8 Å². The van der Waals surface area contributed by atoms with Gasteiger partial charge in [0.05, 0.1) is 23.3 Å². The normalized spacial score (nSPS) is 26.3. The Kier molecular flexibility index (Phi) is 6.56. The maximum Gasteiger partial charge on any atom is 0.101 e. The van der Waals surface area contributed by atoms with Crippen molar-refractivity contribution in [2.24, 2.45) is 0 Å². The van der Waals surface area contributed by atoms with Crippen LogP contribution in [0.5, 0.6) is 0 Å². The molecule has 0 saturated carbocycles. The van der Waals surface area contributed by atoms with Crippen LogP contribution in [0.15, 0.2) is 30.5 Å². The number of rotatable bonds is 4. The third-order valence-electron chi connectivity index (χ3n) is 7.22. The molecule has 0 unspecified atom stereocenters. The maximum absolute atomic E-state index is 9.47. The minimum atomic E-state index is 0.175. The monoisotopic (exact) mass is 434 g/mol. The Hall–Kier alpha value is -2.24. The lowest BCUT2D eigenvalue weighted by atomic mass is 10.0. The van der Waals surface area contributed by atoms with Gasteiger partial charge in [-0.15, -0.1) is 0 Å². The fraction of sp³-hybridized carbons (Fsp3) is 0.600. The number of hydrogen-bond donors (Lipinski definition) is 1. The predicted molar refractivity (Wildman–Crippen MR) is 127 cm³/mol. The number of ether oxygens (including phenoxy) is 1. The lowest BCUT2D eigenvalue weighted by Crippen LogP contribution is -2.54. The third kappa shape index (κ3) is 4.60. The maximum atomic E-state index is 9.47. The molecule has 3 fully saturated rings. The summed E-state index contributed by atoms with van der Waals surface area (Å²) in [4.78, 5) is 12.2. The second-order valence-electron chi connectivity index (χ2n) is 9.44. The van der Waals surface area contributed by atoms with Gasteiger partial charge < -0.3 is 19.9 Å². The zero-order chi connectivity index (χ0) is 21.9. The van der Waals surface area contributed by atoms with Crippen LogP contribution in [0.25, 0.3) is 10.9 Å². The third-order valence-corrected chi connectivity index (χ3v) is 7.22. The van der Waals surface area contributed by atoms with E-state index < -0.39 is 0 Å². The zero-order valence-electron chi connectivity index (χ0n) is 19.0. The Balaban J connectivity index is 1.24. The summed E-state index contributed by atoms with van der Waals surface area (Å²) < 4.78 is 6.37. The number of nitrogens with one attached hydrogen (secondary N) is 1. The summed E-state index contributed by atoms with van der Waals surface area (Å²) in [7, 11) is 0. The molecule has 0 bridgehead atoms. The highest BCUT2D eigenvalue weighted by molar-refractivity contribution is 5.95. The van der Waals surface area contributed by atoms with E-state index in [-0.39, 0.29) is 12.2 Å². The van der Waals surface area contributed by atoms with Gasteiger partial charge in [-0.25, -0.2) is 0 Å². The molecule has 1 aromatic heterocycles. The molecule has 0 aliphatic carbocycles. The van der Waals surface area contributed by atoms with Gasteiger partial charge in [-0.2, -0.15) is 5.26 Å². The topological polar surface area (TPSA) is 67.7 Å². The highest BCUT2D eigenvalue weighted by atomic mass is 16.5. The molecule has 32 heavy (non-hydrogen) atoms. The fourth-order valence-electron chi connectivity index (χ4n) is 5.67. The van der Waals surface area contributed by atoms with Crippen LogP contribution in [0.2, 0.25) is 0 Å². The van der Waals surface area contributed by atoms with Crippen molar-refractivity contribution in [1.82, 2.24) is 20.1 Å². The number of pyridine rings is 1. The van der Waals surface area contributed by atoms with E-state index >= 15 is 0 Å². The van der Waals surface area contributed by atoms with Gasteiger partial charge in [-0.3, -0.25) is 9.88 Å². The molecule has 4 heterocycles. The molecule has 3 aliphatic heterocycles. The molecule has 7 heteroatoms. The van der Waals surface area contributed by atoms with Gasteiger partial charge in [-0.1, -0.05) is 0 Å². The first-order valence-corrected chi connectivity index (χ1v) is 12.1. The lowest BCUT2D eigenvalue weighted by molar-refractivity contribution is -0.0378. The summed E-state index contributed by atoms with van der Waals surface area (Å²) >= 11 is 0. The number of nitriles is 1. The van der Waals surface area contributed by atoms with E-state index in [1.54, 1.807) is 6.20 Å². The molecule has 170 valence electrons. The molecule has 0 spiro atoms.